The number of hydrogen-bond donors (Lipinski definition) is 0. The van der Waals surface area contributed by atoms with E-state index in [0.717, 1.165) is 33.1 Å². The van der Waals surface area contributed by atoms with Crippen LogP contribution >= 0.6 is 0 Å². The zero-order valence-electron chi connectivity index (χ0n) is 23.4. The Labute approximate surface area is 249 Å². The summed E-state index contributed by atoms with van der Waals surface area (Å²) >= 11 is 0. The van der Waals surface area contributed by atoms with Gasteiger partial charge < -0.3 is 4.42 Å². The van der Waals surface area contributed by atoms with Gasteiger partial charge in [-0.25, -0.2) is 0 Å². The summed E-state index contributed by atoms with van der Waals surface area (Å²) in [6, 6.07) is 56.8. The van der Waals surface area contributed by atoms with Crippen LogP contribution < -0.4 is 0 Å². The van der Waals surface area contributed by atoms with Gasteiger partial charge in [-0.3, -0.25) is 0 Å². The van der Waals surface area contributed by atoms with Gasteiger partial charge in [0.2, 0.25) is 0 Å². The number of hydrogen-bond acceptors (Lipinski definition) is 1. The molecule has 0 aliphatic carbocycles. The summed E-state index contributed by atoms with van der Waals surface area (Å²) < 4.78 is 6.84. The van der Waals surface area contributed by atoms with Crippen molar-refractivity contribution in [3.05, 3.63) is 158 Å². The first-order valence-corrected chi connectivity index (χ1v) is 14.8. The molecule has 0 saturated carbocycles. The minimum absolute atomic E-state index is 0.900. The highest BCUT2D eigenvalue weighted by molar-refractivity contribution is 6.15. The highest BCUT2D eigenvalue weighted by Crippen LogP contribution is 2.43. The van der Waals surface area contributed by atoms with Crippen LogP contribution in [0.25, 0.3) is 87.6 Å². The van der Waals surface area contributed by atoms with Crippen LogP contribution in [0.3, 0.4) is 0 Å². The highest BCUT2D eigenvalue weighted by Gasteiger charge is 2.18. The maximum Gasteiger partial charge on any atom is 0.143 e. The van der Waals surface area contributed by atoms with Gasteiger partial charge >= 0.3 is 0 Å². The van der Waals surface area contributed by atoms with Crippen LogP contribution in [0.2, 0.25) is 0 Å². The Morgan fingerprint density at radius 2 is 0.814 bits per heavy atom. The predicted octanol–water partition coefficient (Wildman–Crippen LogP) is 12.0. The molecule has 1 heterocycles. The van der Waals surface area contributed by atoms with Crippen LogP contribution in [0.5, 0.6) is 0 Å². The maximum absolute atomic E-state index is 6.84. The molecule has 9 rings (SSSR count). The Balaban J connectivity index is 1.36. The molecule has 0 unspecified atom stereocenters. The van der Waals surface area contributed by atoms with E-state index in [1.54, 1.807) is 0 Å². The first kappa shape index (κ1) is 24.0. The number of rotatable bonds is 3. The fourth-order valence-corrected chi connectivity index (χ4v) is 6.82. The highest BCUT2D eigenvalue weighted by atomic mass is 16.3. The molecular formula is C42H26O. The molecule has 0 aliphatic heterocycles. The van der Waals surface area contributed by atoms with Crippen molar-refractivity contribution in [1.29, 1.82) is 0 Å². The lowest BCUT2D eigenvalue weighted by molar-refractivity contribution is 0.670. The van der Waals surface area contributed by atoms with E-state index in [-0.39, 0.29) is 0 Å². The second-order valence-electron chi connectivity index (χ2n) is 11.3. The fourth-order valence-electron chi connectivity index (χ4n) is 6.82. The second-order valence-corrected chi connectivity index (χ2v) is 11.3. The zero-order chi connectivity index (χ0) is 28.3. The normalized spacial score (nSPS) is 11.7. The SMILES string of the molecule is c1ccc2c(-c3ccc4c(c3)oc3c(-c5cccc6ccccc56)cc(-c5cccc6ccccc56)cc34)cccc2c1. The number of furan rings is 1. The first-order chi connectivity index (χ1) is 21.3. The van der Waals surface area contributed by atoms with Gasteiger partial charge in [0.1, 0.15) is 11.2 Å². The molecule has 0 radical (unpaired) electrons. The molecule has 8 aromatic carbocycles. The van der Waals surface area contributed by atoms with Gasteiger partial charge in [-0.05, 0) is 84.4 Å². The van der Waals surface area contributed by atoms with Crippen molar-refractivity contribution in [3.63, 3.8) is 0 Å². The molecule has 0 amide bonds. The maximum atomic E-state index is 6.84. The summed E-state index contributed by atoms with van der Waals surface area (Å²) in [5, 5.41) is 9.67. The second kappa shape index (κ2) is 9.44. The minimum Gasteiger partial charge on any atom is -0.455 e. The van der Waals surface area contributed by atoms with Crippen LogP contribution in [-0.4, -0.2) is 0 Å². The lowest BCUT2D eigenvalue weighted by Gasteiger charge is -2.12. The molecule has 9 aromatic rings. The average molecular weight is 547 g/mol. The Morgan fingerprint density at radius 3 is 1.44 bits per heavy atom. The zero-order valence-corrected chi connectivity index (χ0v) is 23.4. The van der Waals surface area contributed by atoms with Crippen LogP contribution in [0.1, 0.15) is 0 Å². The van der Waals surface area contributed by atoms with E-state index in [4.69, 9.17) is 4.42 Å². The standard InChI is InChI=1S/C42H26O/c1-4-16-32-27(10-1)13-7-19-35(32)30-22-23-38-40-25-31(36-20-8-14-28-11-2-5-17-33(28)36)24-39(42(40)43-41(38)26-30)37-21-9-15-29-12-3-6-18-34(29)37/h1-26H. The lowest BCUT2D eigenvalue weighted by atomic mass is 9.91. The third-order valence-corrected chi connectivity index (χ3v) is 8.85. The van der Waals surface area contributed by atoms with E-state index in [1.807, 2.05) is 0 Å². The summed E-state index contributed by atoms with van der Waals surface area (Å²) in [5.74, 6) is 0. The molecule has 1 aromatic heterocycles. The van der Waals surface area contributed by atoms with E-state index in [2.05, 4.69) is 158 Å². The summed E-state index contributed by atoms with van der Waals surface area (Å²) in [6.45, 7) is 0. The molecule has 1 heteroatoms. The van der Waals surface area contributed by atoms with E-state index >= 15 is 0 Å². The minimum atomic E-state index is 0.900. The van der Waals surface area contributed by atoms with E-state index in [1.165, 1.54) is 54.6 Å². The predicted molar refractivity (Wildman–Crippen MR) is 183 cm³/mol. The molecular weight excluding hydrogens is 520 g/mol. The average Bonchev–Trinajstić information content (AvgIpc) is 3.45. The molecule has 0 bridgehead atoms. The van der Waals surface area contributed by atoms with Crippen LogP contribution in [0, 0.1) is 0 Å². The Kier molecular flexibility index (Phi) is 5.27. The van der Waals surface area contributed by atoms with Crippen molar-refractivity contribution in [2.24, 2.45) is 0 Å². The molecule has 0 saturated heterocycles. The van der Waals surface area contributed by atoms with Gasteiger partial charge in [0.05, 0.1) is 0 Å². The van der Waals surface area contributed by atoms with Crippen molar-refractivity contribution < 1.29 is 4.42 Å². The van der Waals surface area contributed by atoms with E-state index in [0.29, 0.717) is 0 Å². The number of fused-ring (bicyclic) bond motifs is 6. The van der Waals surface area contributed by atoms with Crippen LogP contribution in [-0.2, 0) is 0 Å². The fraction of sp³-hybridized carbons (Fsp3) is 0. The monoisotopic (exact) mass is 546 g/mol. The van der Waals surface area contributed by atoms with Gasteiger partial charge in [-0.1, -0.05) is 133 Å². The molecule has 0 aliphatic rings. The smallest absolute Gasteiger partial charge is 0.143 e. The third kappa shape index (κ3) is 3.79. The largest absolute Gasteiger partial charge is 0.455 e. The quantitative estimate of drug-likeness (QED) is 0.215. The Hall–Kier alpha value is -5.66. The topological polar surface area (TPSA) is 13.1 Å². The summed E-state index contributed by atoms with van der Waals surface area (Å²) in [7, 11) is 0. The Morgan fingerprint density at radius 1 is 0.302 bits per heavy atom. The van der Waals surface area contributed by atoms with Crippen molar-refractivity contribution in [3.8, 4) is 33.4 Å². The van der Waals surface area contributed by atoms with E-state index < -0.39 is 0 Å². The summed E-state index contributed by atoms with van der Waals surface area (Å²) in [5.41, 5.74) is 8.90. The van der Waals surface area contributed by atoms with Gasteiger partial charge in [0.25, 0.3) is 0 Å². The van der Waals surface area contributed by atoms with Crippen molar-refractivity contribution >= 4 is 54.3 Å². The van der Waals surface area contributed by atoms with E-state index in [9.17, 15) is 0 Å². The third-order valence-electron chi connectivity index (χ3n) is 8.85. The summed E-state index contributed by atoms with van der Waals surface area (Å²) in [6.07, 6.45) is 0. The van der Waals surface area contributed by atoms with Crippen LogP contribution in [0.4, 0.5) is 0 Å². The van der Waals surface area contributed by atoms with Gasteiger partial charge in [0, 0.05) is 16.3 Å². The van der Waals surface area contributed by atoms with Crippen LogP contribution in [0.15, 0.2) is 162 Å². The molecule has 0 spiro atoms. The number of benzene rings is 8. The molecule has 0 atom stereocenters. The van der Waals surface area contributed by atoms with Gasteiger partial charge in [0.15, 0.2) is 0 Å². The van der Waals surface area contributed by atoms with Crippen molar-refractivity contribution in [2.75, 3.05) is 0 Å². The van der Waals surface area contributed by atoms with Crippen molar-refractivity contribution in [1.82, 2.24) is 0 Å². The molecule has 200 valence electrons. The molecule has 1 nitrogen and oxygen atoms in total. The van der Waals surface area contributed by atoms with Gasteiger partial charge in [-0.2, -0.15) is 0 Å². The Bertz CT molecular complexity index is 2500. The summed E-state index contributed by atoms with van der Waals surface area (Å²) in [4.78, 5) is 0. The lowest BCUT2D eigenvalue weighted by Crippen LogP contribution is -1.87. The van der Waals surface area contributed by atoms with Gasteiger partial charge in [-0.15, -0.1) is 0 Å². The molecule has 43 heavy (non-hydrogen) atoms. The molecule has 0 fully saturated rings. The first-order valence-electron chi connectivity index (χ1n) is 14.8. The van der Waals surface area contributed by atoms with Crippen molar-refractivity contribution in [2.45, 2.75) is 0 Å². The molecule has 0 N–H and O–H groups in total.